The smallest absolute Gasteiger partial charge is 0.357 e. The highest BCUT2D eigenvalue weighted by Gasteiger charge is 2.28. The van der Waals surface area contributed by atoms with Crippen LogP contribution in [0, 0.1) is 20.2 Å². The summed E-state index contributed by atoms with van der Waals surface area (Å²) in [5, 5.41) is 21.9. The van der Waals surface area contributed by atoms with Crippen LogP contribution in [-0.2, 0) is 0 Å². The maximum atomic E-state index is 11.4. The molecule has 7 nitrogen and oxygen atoms in total. The first-order valence-corrected chi connectivity index (χ1v) is 7.65. The van der Waals surface area contributed by atoms with Gasteiger partial charge in [-0.15, -0.1) is 0 Å². The van der Waals surface area contributed by atoms with Crippen molar-refractivity contribution in [3.63, 3.8) is 0 Å². The summed E-state index contributed by atoms with van der Waals surface area (Å²) in [5.74, 6) is 0. The zero-order valence-corrected chi connectivity index (χ0v) is 12.5. The molecule has 0 aliphatic rings. The third-order valence-electron chi connectivity index (χ3n) is 2.80. The lowest BCUT2D eigenvalue weighted by Crippen LogP contribution is -1.93. The van der Waals surface area contributed by atoms with E-state index in [0.717, 1.165) is 16.2 Å². The van der Waals surface area contributed by atoms with Crippen LogP contribution in [0.5, 0.6) is 0 Å². The second kappa shape index (κ2) is 5.70. The van der Waals surface area contributed by atoms with E-state index in [9.17, 15) is 20.2 Å². The first kappa shape index (κ1) is 14.4. The minimum absolute atomic E-state index is 0.0580. The molecule has 0 fully saturated rings. The summed E-state index contributed by atoms with van der Waals surface area (Å²) in [7, 11) is 0. The number of benzene rings is 2. The molecular formula is C13H7N3O4S2. The molecule has 110 valence electrons. The lowest BCUT2D eigenvalue weighted by Gasteiger charge is -2.01. The molecule has 0 saturated heterocycles. The number of nitro benzene ring substituents is 1. The lowest BCUT2D eigenvalue weighted by atomic mass is 10.3. The van der Waals surface area contributed by atoms with Crippen molar-refractivity contribution < 1.29 is 9.85 Å². The minimum atomic E-state index is -0.640. The predicted octanol–water partition coefficient (Wildman–Crippen LogP) is 4.26. The Kier molecular flexibility index (Phi) is 3.73. The topological polar surface area (TPSA) is 99.2 Å². The van der Waals surface area contributed by atoms with Gasteiger partial charge in [-0.1, -0.05) is 30.0 Å². The van der Waals surface area contributed by atoms with Gasteiger partial charge in [0.05, 0.1) is 14.5 Å². The minimum Gasteiger partial charge on any atom is -0.357 e. The molecule has 0 aliphatic heterocycles. The molecule has 3 aromatic rings. The van der Waals surface area contributed by atoms with Gasteiger partial charge in [0.15, 0.2) is 0 Å². The standard InChI is InChI=1S/C13H7N3O4S2/c17-15(18)12-10(21-8-4-2-1-3-5-8)7-6-9-11(12)14-13(22-9)16(19)20/h1-7H. The lowest BCUT2D eigenvalue weighted by molar-refractivity contribution is -0.387. The average molecular weight is 333 g/mol. The molecule has 1 aromatic heterocycles. The van der Waals surface area contributed by atoms with E-state index < -0.39 is 9.85 Å². The van der Waals surface area contributed by atoms with Crippen molar-refractivity contribution in [3.05, 3.63) is 62.7 Å². The molecule has 0 radical (unpaired) electrons. The molecule has 22 heavy (non-hydrogen) atoms. The van der Waals surface area contributed by atoms with Gasteiger partial charge < -0.3 is 10.1 Å². The van der Waals surface area contributed by atoms with Crippen molar-refractivity contribution in [2.45, 2.75) is 9.79 Å². The zero-order chi connectivity index (χ0) is 15.7. The monoisotopic (exact) mass is 333 g/mol. The van der Waals surface area contributed by atoms with Crippen molar-refractivity contribution >= 4 is 44.1 Å². The van der Waals surface area contributed by atoms with E-state index in [1.54, 1.807) is 12.1 Å². The average Bonchev–Trinajstić information content (AvgIpc) is 2.92. The Bertz CT molecular complexity index is 880. The quantitative estimate of drug-likeness (QED) is 0.522. The molecule has 0 saturated carbocycles. The summed E-state index contributed by atoms with van der Waals surface area (Å²) in [5.41, 5.74) is -0.140. The third kappa shape index (κ3) is 2.63. The molecule has 0 amide bonds. The second-order valence-electron chi connectivity index (χ2n) is 4.18. The molecule has 0 bridgehead atoms. The largest absolute Gasteiger partial charge is 0.424 e. The van der Waals surface area contributed by atoms with Crippen LogP contribution in [0.2, 0.25) is 0 Å². The Balaban J connectivity index is 2.16. The molecule has 0 spiro atoms. The molecule has 1 heterocycles. The van der Waals surface area contributed by atoms with Crippen LogP contribution in [0.15, 0.2) is 52.3 Å². The zero-order valence-electron chi connectivity index (χ0n) is 10.8. The summed E-state index contributed by atoms with van der Waals surface area (Å²) in [4.78, 5) is 26.1. The molecule has 0 N–H and O–H groups in total. The Labute approximate surface area is 131 Å². The van der Waals surface area contributed by atoms with Gasteiger partial charge in [-0.05, 0) is 45.5 Å². The van der Waals surface area contributed by atoms with E-state index in [1.165, 1.54) is 11.8 Å². The number of rotatable bonds is 4. The Morgan fingerprint density at radius 1 is 1.00 bits per heavy atom. The maximum Gasteiger partial charge on any atom is 0.424 e. The van der Waals surface area contributed by atoms with E-state index in [4.69, 9.17) is 0 Å². The van der Waals surface area contributed by atoms with Gasteiger partial charge >= 0.3 is 10.8 Å². The van der Waals surface area contributed by atoms with Crippen molar-refractivity contribution in [1.82, 2.24) is 4.98 Å². The SMILES string of the molecule is O=[N+]([O-])c1nc2c([N+](=O)[O-])c(Sc3ccccc3)ccc2s1. The van der Waals surface area contributed by atoms with Gasteiger partial charge in [0.1, 0.15) is 0 Å². The van der Waals surface area contributed by atoms with Crippen LogP contribution in [0.4, 0.5) is 10.8 Å². The Morgan fingerprint density at radius 2 is 1.73 bits per heavy atom. The molecule has 2 aromatic carbocycles. The number of thiazole rings is 1. The molecule has 0 unspecified atom stereocenters. The fourth-order valence-electron chi connectivity index (χ4n) is 1.90. The number of nitro groups is 2. The summed E-state index contributed by atoms with van der Waals surface area (Å²) < 4.78 is 0.427. The van der Waals surface area contributed by atoms with Crippen molar-refractivity contribution in [1.29, 1.82) is 0 Å². The number of hydrogen-bond acceptors (Lipinski definition) is 7. The maximum absolute atomic E-state index is 11.4. The van der Waals surface area contributed by atoms with Crippen LogP contribution in [0.3, 0.4) is 0 Å². The fourth-order valence-corrected chi connectivity index (χ4v) is 3.64. The van der Waals surface area contributed by atoms with Crippen LogP contribution in [-0.4, -0.2) is 14.8 Å². The molecular weight excluding hydrogens is 326 g/mol. The third-order valence-corrected chi connectivity index (χ3v) is 4.83. The summed E-state index contributed by atoms with van der Waals surface area (Å²) in [6.45, 7) is 0. The fraction of sp³-hybridized carbons (Fsp3) is 0. The van der Waals surface area contributed by atoms with Gasteiger partial charge in [0, 0.05) is 4.90 Å². The number of hydrogen-bond donors (Lipinski definition) is 0. The summed E-state index contributed by atoms with van der Waals surface area (Å²) in [6, 6.07) is 12.4. The number of nitrogens with zero attached hydrogens (tertiary/aromatic N) is 3. The first-order chi connectivity index (χ1) is 10.6. The number of aromatic nitrogens is 1. The van der Waals surface area contributed by atoms with Gasteiger partial charge in [-0.3, -0.25) is 10.1 Å². The van der Waals surface area contributed by atoms with Gasteiger partial charge in [-0.25, -0.2) is 0 Å². The summed E-state index contributed by atoms with van der Waals surface area (Å²) >= 11 is 2.06. The predicted molar refractivity (Wildman–Crippen MR) is 83.5 cm³/mol. The van der Waals surface area contributed by atoms with Crippen molar-refractivity contribution in [2.24, 2.45) is 0 Å². The van der Waals surface area contributed by atoms with Gasteiger partial charge in [0.25, 0.3) is 5.52 Å². The van der Waals surface area contributed by atoms with Crippen LogP contribution >= 0.6 is 23.1 Å². The van der Waals surface area contributed by atoms with Crippen LogP contribution < -0.4 is 0 Å². The normalized spacial score (nSPS) is 10.7. The highest BCUT2D eigenvalue weighted by Crippen LogP contribution is 2.41. The molecule has 0 atom stereocenters. The van der Waals surface area contributed by atoms with E-state index in [1.807, 2.05) is 30.3 Å². The first-order valence-electron chi connectivity index (χ1n) is 6.01. The van der Waals surface area contributed by atoms with Crippen molar-refractivity contribution in [3.8, 4) is 0 Å². The second-order valence-corrected chi connectivity index (χ2v) is 6.31. The molecule has 3 rings (SSSR count). The van der Waals surface area contributed by atoms with Crippen molar-refractivity contribution in [2.75, 3.05) is 0 Å². The van der Waals surface area contributed by atoms with Gasteiger partial charge in [0.2, 0.25) is 0 Å². The van der Waals surface area contributed by atoms with E-state index in [-0.39, 0.29) is 16.3 Å². The molecule has 9 heteroatoms. The van der Waals surface area contributed by atoms with E-state index in [0.29, 0.717) is 9.60 Å². The molecule has 0 aliphatic carbocycles. The Morgan fingerprint density at radius 3 is 2.36 bits per heavy atom. The van der Waals surface area contributed by atoms with Crippen LogP contribution in [0.1, 0.15) is 0 Å². The van der Waals surface area contributed by atoms with E-state index >= 15 is 0 Å². The highest BCUT2D eigenvalue weighted by molar-refractivity contribution is 7.99. The Hall–Kier alpha value is -2.52. The van der Waals surface area contributed by atoms with Crippen LogP contribution in [0.25, 0.3) is 10.2 Å². The summed E-state index contributed by atoms with van der Waals surface area (Å²) in [6.07, 6.45) is 0. The van der Waals surface area contributed by atoms with E-state index in [2.05, 4.69) is 4.98 Å². The number of fused-ring (bicyclic) bond motifs is 1. The highest BCUT2D eigenvalue weighted by atomic mass is 32.2. The van der Waals surface area contributed by atoms with Gasteiger partial charge in [-0.2, -0.15) is 0 Å².